The van der Waals surface area contributed by atoms with Gasteiger partial charge in [-0.3, -0.25) is 4.79 Å². The molecule has 1 heterocycles. The number of carbonyl (C=O) groups is 2. The van der Waals surface area contributed by atoms with Gasteiger partial charge in [-0.1, -0.05) is 48.0 Å². The minimum absolute atomic E-state index is 0.186. The number of piperidine rings is 1. The number of carbonyl (C=O) groups excluding carboxylic acids is 2. The Morgan fingerprint density at radius 1 is 1.16 bits per heavy atom. The summed E-state index contributed by atoms with van der Waals surface area (Å²) in [5.41, 5.74) is 1.83. The molecule has 0 bridgehead atoms. The van der Waals surface area contributed by atoms with Crippen molar-refractivity contribution in [1.82, 2.24) is 15.5 Å². The average molecular weight is 550 g/mol. The lowest BCUT2D eigenvalue weighted by Crippen LogP contribution is -2.44. The minimum atomic E-state index is -0.510. The Bertz CT molecular complexity index is 1050. The summed E-state index contributed by atoms with van der Waals surface area (Å²) in [7, 11) is 0. The lowest BCUT2D eigenvalue weighted by molar-refractivity contribution is -0.118. The zero-order valence-electron chi connectivity index (χ0n) is 22.3. The number of rotatable bonds is 9. The molecule has 1 aromatic rings. The van der Waals surface area contributed by atoms with Gasteiger partial charge < -0.3 is 25.6 Å². The van der Waals surface area contributed by atoms with E-state index in [1.165, 1.54) is 11.6 Å². The summed E-state index contributed by atoms with van der Waals surface area (Å²) in [6.07, 6.45) is 4.75. The van der Waals surface area contributed by atoms with Crippen LogP contribution < -0.4 is 16.0 Å². The van der Waals surface area contributed by atoms with Crippen LogP contribution in [0.25, 0.3) is 0 Å². The molecular weight excluding hydrogens is 511 g/mol. The van der Waals surface area contributed by atoms with Gasteiger partial charge in [0.15, 0.2) is 5.88 Å². The number of anilines is 1. The number of likely N-dealkylation sites (tertiary alicyclic amines) is 1. The van der Waals surface area contributed by atoms with Crippen LogP contribution >= 0.6 is 23.2 Å². The minimum Gasteiger partial charge on any atom is -0.474 e. The molecule has 3 amide bonds. The number of allylic oxidation sites excluding steroid dienone is 4. The number of hydrogen-bond acceptors (Lipinski definition) is 4. The molecule has 202 valence electrons. The maximum Gasteiger partial charge on any atom is 0.321 e. The van der Waals surface area contributed by atoms with Crippen LogP contribution in [0, 0.1) is 0 Å². The Morgan fingerprint density at radius 2 is 1.76 bits per heavy atom. The summed E-state index contributed by atoms with van der Waals surface area (Å²) in [5, 5.41) is 9.33. The van der Waals surface area contributed by atoms with Crippen LogP contribution in [0.5, 0.6) is 0 Å². The molecular formula is C28H38Cl2N4O3. The highest BCUT2D eigenvalue weighted by atomic mass is 35.5. The third kappa shape index (κ3) is 9.48. The molecule has 2 rings (SSSR count). The van der Waals surface area contributed by atoms with Crippen LogP contribution in [-0.4, -0.2) is 41.6 Å². The summed E-state index contributed by atoms with van der Waals surface area (Å²) < 4.78 is 5.63. The van der Waals surface area contributed by atoms with Crippen molar-refractivity contribution in [3.05, 3.63) is 76.8 Å². The fraction of sp³-hybridized carbons (Fsp3) is 0.429. The van der Waals surface area contributed by atoms with Gasteiger partial charge in [0.25, 0.3) is 0 Å². The monoisotopic (exact) mass is 548 g/mol. The van der Waals surface area contributed by atoms with E-state index in [1.54, 1.807) is 24.8 Å². The highest BCUT2D eigenvalue weighted by Crippen LogP contribution is 2.29. The lowest BCUT2D eigenvalue weighted by atomic mass is 9.89. The normalized spacial score (nSPS) is 16.3. The summed E-state index contributed by atoms with van der Waals surface area (Å²) in [6, 6.07) is 7.08. The Morgan fingerprint density at radius 3 is 2.27 bits per heavy atom. The SMILES string of the molecule is C=C/C(Cl)=C(NC(=O)N1CCC(c2ccc(NC(=O)C(C)NC(=C)OC(C)(C)C)cc2)CC1)\C(Cl)=C/C. The molecule has 37 heavy (non-hydrogen) atoms. The van der Waals surface area contributed by atoms with E-state index in [0.29, 0.717) is 41.3 Å². The Kier molecular flexibility index (Phi) is 11.1. The molecule has 0 aromatic heterocycles. The number of ether oxygens (including phenoxy) is 1. The maximum absolute atomic E-state index is 12.8. The van der Waals surface area contributed by atoms with Crippen LogP contribution in [0.4, 0.5) is 10.5 Å². The largest absolute Gasteiger partial charge is 0.474 e. The number of amides is 3. The van der Waals surface area contributed by atoms with Crippen molar-refractivity contribution >= 4 is 40.8 Å². The Hall–Kier alpha value is -2.90. The summed E-state index contributed by atoms with van der Waals surface area (Å²) >= 11 is 12.4. The molecule has 1 aliphatic heterocycles. The molecule has 9 heteroatoms. The first-order valence-electron chi connectivity index (χ1n) is 12.3. The highest BCUT2D eigenvalue weighted by molar-refractivity contribution is 6.36. The summed E-state index contributed by atoms with van der Waals surface area (Å²) in [4.78, 5) is 27.1. The standard InChI is InChI=1S/C28H38Cl2N4O3/c1-8-23(29)25(24(30)9-2)33-27(36)34-16-14-21(15-17-34)20-10-12-22(13-11-20)32-26(35)18(3)31-19(4)37-28(5,6)7/h8-13,18,21,31H,1,4,14-17H2,2-3,5-7H3,(H,32,35)(H,33,36)/b24-9+,25-23-. The molecule has 0 spiro atoms. The van der Waals surface area contributed by atoms with Gasteiger partial charge in [-0.2, -0.15) is 0 Å². The zero-order valence-corrected chi connectivity index (χ0v) is 23.8. The zero-order chi connectivity index (χ0) is 27.8. The number of urea groups is 1. The molecule has 3 N–H and O–H groups in total. The van der Waals surface area contributed by atoms with Gasteiger partial charge in [-0.25, -0.2) is 4.79 Å². The molecule has 1 unspecified atom stereocenters. The Labute approximate surface area is 230 Å². The van der Waals surface area contributed by atoms with Gasteiger partial charge in [0.2, 0.25) is 5.91 Å². The van der Waals surface area contributed by atoms with Crippen molar-refractivity contribution in [2.24, 2.45) is 0 Å². The van der Waals surface area contributed by atoms with Crippen LogP contribution in [0.2, 0.25) is 0 Å². The summed E-state index contributed by atoms with van der Waals surface area (Å²) in [5.74, 6) is 0.485. The van der Waals surface area contributed by atoms with Crippen LogP contribution in [0.3, 0.4) is 0 Å². The number of hydrogen-bond donors (Lipinski definition) is 3. The van der Waals surface area contributed by atoms with Gasteiger partial charge in [0, 0.05) is 18.8 Å². The first-order valence-corrected chi connectivity index (χ1v) is 13.1. The number of halogens is 2. The van der Waals surface area contributed by atoms with E-state index >= 15 is 0 Å². The number of nitrogens with one attached hydrogen (secondary N) is 3. The predicted molar refractivity (Wildman–Crippen MR) is 152 cm³/mol. The fourth-order valence-corrected chi connectivity index (χ4v) is 4.22. The molecule has 0 saturated carbocycles. The lowest BCUT2D eigenvalue weighted by Gasteiger charge is -2.32. The van der Waals surface area contributed by atoms with Gasteiger partial charge >= 0.3 is 6.03 Å². The molecule has 1 aromatic carbocycles. The molecule has 0 radical (unpaired) electrons. The average Bonchev–Trinajstić information content (AvgIpc) is 2.85. The molecule has 1 fully saturated rings. The third-order valence-corrected chi connectivity index (χ3v) is 6.52. The second kappa shape index (κ2) is 13.6. The van der Waals surface area contributed by atoms with E-state index in [4.69, 9.17) is 27.9 Å². The number of benzene rings is 1. The molecule has 7 nitrogen and oxygen atoms in total. The maximum atomic E-state index is 12.8. The quantitative estimate of drug-likeness (QED) is 0.241. The Balaban J connectivity index is 1.89. The third-order valence-electron chi connectivity index (χ3n) is 5.77. The van der Waals surface area contributed by atoms with E-state index in [-0.39, 0.29) is 17.0 Å². The van der Waals surface area contributed by atoms with E-state index in [1.807, 2.05) is 45.0 Å². The number of nitrogens with zero attached hydrogens (tertiary/aromatic N) is 1. The molecule has 1 aliphatic rings. The van der Waals surface area contributed by atoms with Crippen molar-refractivity contribution in [2.75, 3.05) is 18.4 Å². The molecule has 1 atom stereocenters. The molecule has 0 aliphatic carbocycles. The second-order valence-electron chi connectivity index (χ2n) is 9.87. The van der Waals surface area contributed by atoms with Gasteiger partial charge in [0.05, 0.1) is 15.8 Å². The van der Waals surface area contributed by atoms with Crippen LogP contribution in [0.15, 0.2) is 71.2 Å². The van der Waals surface area contributed by atoms with Gasteiger partial charge in [-0.15, -0.1) is 0 Å². The van der Waals surface area contributed by atoms with E-state index < -0.39 is 11.6 Å². The van der Waals surface area contributed by atoms with Crippen LogP contribution in [0.1, 0.15) is 58.9 Å². The fourth-order valence-electron chi connectivity index (χ4n) is 3.88. The predicted octanol–water partition coefficient (Wildman–Crippen LogP) is 6.56. The topological polar surface area (TPSA) is 82.7 Å². The van der Waals surface area contributed by atoms with Crippen LogP contribution in [-0.2, 0) is 9.53 Å². The van der Waals surface area contributed by atoms with Crippen molar-refractivity contribution in [2.45, 2.75) is 65.0 Å². The summed E-state index contributed by atoms with van der Waals surface area (Å²) in [6.45, 7) is 17.9. The van der Waals surface area contributed by atoms with Crippen molar-refractivity contribution in [3.8, 4) is 0 Å². The van der Waals surface area contributed by atoms with E-state index in [9.17, 15) is 9.59 Å². The first kappa shape index (κ1) is 30.3. The van der Waals surface area contributed by atoms with Crippen molar-refractivity contribution in [1.29, 1.82) is 0 Å². The van der Waals surface area contributed by atoms with E-state index in [0.717, 1.165) is 12.8 Å². The smallest absolute Gasteiger partial charge is 0.321 e. The highest BCUT2D eigenvalue weighted by Gasteiger charge is 2.25. The van der Waals surface area contributed by atoms with Gasteiger partial charge in [-0.05, 0) is 83.7 Å². The van der Waals surface area contributed by atoms with Crippen molar-refractivity contribution in [3.63, 3.8) is 0 Å². The van der Waals surface area contributed by atoms with Crippen molar-refractivity contribution < 1.29 is 14.3 Å². The first-order chi connectivity index (χ1) is 17.3. The van der Waals surface area contributed by atoms with E-state index in [2.05, 4.69) is 29.1 Å². The van der Waals surface area contributed by atoms with Gasteiger partial charge in [0.1, 0.15) is 11.6 Å². The molecule has 1 saturated heterocycles. The second-order valence-corrected chi connectivity index (χ2v) is 10.7.